The second-order valence-corrected chi connectivity index (χ2v) is 10.1. The molecule has 0 unspecified atom stereocenters. The maximum Gasteiger partial charge on any atom is 0.283 e. The summed E-state index contributed by atoms with van der Waals surface area (Å²) in [7, 11) is 3.21. The molecule has 1 N–H and O–H groups in total. The molecule has 0 aliphatic carbocycles. The van der Waals surface area contributed by atoms with Crippen molar-refractivity contribution in [2.24, 2.45) is 5.41 Å². The fourth-order valence-corrected chi connectivity index (χ4v) is 5.13. The van der Waals surface area contributed by atoms with Crippen LogP contribution in [0.5, 0.6) is 23.0 Å². The Morgan fingerprint density at radius 3 is 1.81 bits per heavy atom. The van der Waals surface area contributed by atoms with Gasteiger partial charge in [0.2, 0.25) is 0 Å². The van der Waals surface area contributed by atoms with Gasteiger partial charge in [0.25, 0.3) is 5.97 Å². The van der Waals surface area contributed by atoms with E-state index in [2.05, 4.69) is 6.92 Å². The van der Waals surface area contributed by atoms with Crippen LogP contribution in [0.4, 0.5) is 0 Å². The number of aryl methyl sites for hydroxylation is 1. The lowest BCUT2D eigenvalue weighted by Gasteiger charge is -2.50. The molecule has 7 rings (SSSR count). The molecule has 0 saturated carbocycles. The van der Waals surface area contributed by atoms with Crippen molar-refractivity contribution in [3.05, 3.63) is 82.9 Å². The summed E-state index contributed by atoms with van der Waals surface area (Å²) in [5.41, 5.74) is 1.67. The molecule has 0 aromatic heterocycles. The van der Waals surface area contributed by atoms with Gasteiger partial charge in [-0.3, -0.25) is 0 Å². The number of methoxy groups -OCH3 is 2. The van der Waals surface area contributed by atoms with Gasteiger partial charge in [-0.15, -0.1) is 0 Å². The molecule has 0 spiro atoms. The van der Waals surface area contributed by atoms with E-state index in [0.717, 1.165) is 17.5 Å². The van der Waals surface area contributed by atoms with Gasteiger partial charge in [0.15, 0.2) is 0 Å². The number of benzene rings is 3. The van der Waals surface area contributed by atoms with Gasteiger partial charge in [0.05, 0.1) is 34.0 Å². The minimum absolute atomic E-state index is 0.0524. The Morgan fingerprint density at radius 2 is 1.31 bits per heavy atom. The predicted molar refractivity (Wildman–Crippen MR) is 132 cm³/mol. The average molecular weight is 491 g/mol. The summed E-state index contributed by atoms with van der Waals surface area (Å²) in [4.78, 5) is 0. The van der Waals surface area contributed by atoms with Crippen molar-refractivity contribution in [3.63, 3.8) is 0 Å². The fourth-order valence-electron chi connectivity index (χ4n) is 5.13. The second-order valence-electron chi connectivity index (χ2n) is 10.1. The zero-order valence-corrected chi connectivity index (χ0v) is 20.7. The first kappa shape index (κ1) is 23.3. The standard InChI is InChI=1S/C29H30O7/c1-27-16-33-28(34-17-27,35-18-27)13-12-19-4-6-20(7-5-19)29(30)23-10-8-21(31-2)14-25(23)36-26-15-22(32-3)9-11-24(26)29/h4-11,14-15,30H,12-13,16-18H2,1-3H3. The first-order valence-electron chi connectivity index (χ1n) is 12.2. The highest BCUT2D eigenvalue weighted by atomic mass is 16.9. The number of ether oxygens (including phenoxy) is 6. The van der Waals surface area contributed by atoms with Crippen LogP contribution < -0.4 is 14.2 Å². The maximum atomic E-state index is 12.3. The van der Waals surface area contributed by atoms with Crippen LogP contribution in [0.2, 0.25) is 0 Å². The van der Waals surface area contributed by atoms with Crippen molar-refractivity contribution in [2.45, 2.75) is 31.3 Å². The highest BCUT2D eigenvalue weighted by molar-refractivity contribution is 5.63. The summed E-state index contributed by atoms with van der Waals surface area (Å²) in [6, 6.07) is 18.9. The lowest BCUT2D eigenvalue weighted by atomic mass is 9.77. The molecule has 3 fully saturated rings. The second kappa shape index (κ2) is 8.49. The molecule has 0 atom stereocenters. The van der Waals surface area contributed by atoms with Gasteiger partial charge in [-0.05, 0) is 41.8 Å². The van der Waals surface area contributed by atoms with Gasteiger partial charge in [-0.25, -0.2) is 0 Å². The molecule has 0 radical (unpaired) electrons. The van der Waals surface area contributed by atoms with Crippen molar-refractivity contribution in [2.75, 3.05) is 34.0 Å². The third-order valence-corrected chi connectivity index (χ3v) is 7.39. The van der Waals surface area contributed by atoms with Gasteiger partial charge in [0.1, 0.15) is 28.6 Å². The van der Waals surface area contributed by atoms with E-state index in [4.69, 9.17) is 28.4 Å². The third kappa shape index (κ3) is 3.74. The summed E-state index contributed by atoms with van der Waals surface area (Å²) in [6.07, 6.45) is 1.33. The molecule has 7 heteroatoms. The molecule has 4 aliphatic rings. The van der Waals surface area contributed by atoms with Crippen LogP contribution in [0, 0.1) is 5.41 Å². The lowest BCUT2D eigenvalue weighted by molar-refractivity contribution is -0.467. The quantitative estimate of drug-likeness (QED) is 0.534. The molecule has 36 heavy (non-hydrogen) atoms. The minimum atomic E-state index is -1.41. The molecule has 3 aromatic carbocycles. The SMILES string of the molecule is COc1ccc2c(c1)Oc1cc(OC)ccc1C2(O)c1ccc(CCC23OCC(C)(CO2)CO3)cc1. The van der Waals surface area contributed by atoms with Gasteiger partial charge in [0, 0.05) is 35.1 Å². The number of hydrogen-bond donors (Lipinski definition) is 1. The summed E-state index contributed by atoms with van der Waals surface area (Å²) in [5, 5.41) is 12.3. The predicted octanol–water partition coefficient (Wildman–Crippen LogP) is 4.76. The number of hydrogen-bond acceptors (Lipinski definition) is 7. The van der Waals surface area contributed by atoms with Crippen LogP contribution in [0.3, 0.4) is 0 Å². The van der Waals surface area contributed by atoms with Crippen LogP contribution in [-0.4, -0.2) is 45.1 Å². The minimum Gasteiger partial charge on any atom is -0.497 e. The monoisotopic (exact) mass is 490 g/mol. The summed E-state index contributed by atoms with van der Waals surface area (Å²) < 4.78 is 34.7. The van der Waals surface area contributed by atoms with E-state index in [1.807, 2.05) is 48.5 Å². The smallest absolute Gasteiger partial charge is 0.283 e. The van der Waals surface area contributed by atoms with E-state index in [9.17, 15) is 5.11 Å². The fraction of sp³-hybridized carbons (Fsp3) is 0.379. The first-order chi connectivity index (χ1) is 17.4. The Morgan fingerprint density at radius 1 is 0.778 bits per heavy atom. The highest BCUT2D eigenvalue weighted by Gasteiger charge is 2.50. The Hall–Kier alpha value is -3.10. The zero-order valence-electron chi connectivity index (χ0n) is 20.7. The van der Waals surface area contributed by atoms with Crippen molar-refractivity contribution in [1.82, 2.24) is 0 Å². The van der Waals surface area contributed by atoms with E-state index >= 15 is 0 Å². The molecule has 3 aromatic rings. The number of fused-ring (bicyclic) bond motifs is 5. The maximum absolute atomic E-state index is 12.3. The van der Waals surface area contributed by atoms with Crippen molar-refractivity contribution >= 4 is 0 Å². The van der Waals surface area contributed by atoms with E-state index < -0.39 is 11.6 Å². The van der Waals surface area contributed by atoms with Crippen molar-refractivity contribution in [3.8, 4) is 23.0 Å². The van der Waals surface area contributed by atoms with E-state index in [1.165, 1.54) is 0 Å². The molecular weight excluding hydrogens is 460 g/mol. The molecule has 4 aliphatic heterocycles. The normalized spacial score (nSPS) is 25.4. The molecule has 7 nitrogen and oxygen atoms in total. The molecular formula is C29H30O7. The topological polar surface area (TPSA) is 75.6 Å². The third-order valence-electron chi connectivity index (χ3n) is 7.39. The zero-order chi connectivity index (χ0) is 25.0. The van der Waals surface area contributed by atoms with Crippen LogP contribution in [-0.2, 0) is 26.2 Å². The Labute approximate surface area is 210 Å². The number of rotatable bonds is 6. The van der Waals surface area contributed by atoms with Gasteiger partial charge >= 0.3 is 0 Å². The number of aliphatic hydroxyl groups is 1. The Balaban J connectivity index is 1.31. The first-order valence-corrected chi connectivity index (χ1v) is 12.2. The van der Waals surface area contributed by atoms with Crippen LogP contribution in [0.25, 0.3) is 0 Å². The highest BCUT2D eigenvalue weighted by Crippen LogP contribution is 2.51. The molecule has 3 saturated heterocycles. The van der Waals surface area contributed by atoms with Crippen LogP contribution in [0.15, 0.2) is 60.7 Å². The molecule has 188 valence electrons. The van der Waals surface area contributed by atoms with E-state index in [-0.39, 0.29) is 5.41 Å². The van der Waals surface area contributed by atoms with Crippen molar-refractivity contribution in [1.29, 1.82) is 0 Å². The Bertz CT molecular complexity index is 1210. The molecule has 0 amide bonds. The van der Waals surface area contributed by atoms with E-state index in [0.29, 0.717) is 60.4 Å². The van der Waals surface area contributed by atoms with Gasteiger partial charge in [-0.2, -0.15) is 0 Å². The summed E-state index contributed by atoms with van der Waals surface area (Å²) >= 11 is 0. The summed E-state index contributed by atoms with van der Waals surface area (Å²) in [5.74, 6) is 1.41. The van der Waals surface area contributed by atoms with Crippen molar-refractivity contribution < 1.29 is 33.5 Å². The summed E-state index contributed by atoms with van der Waals surface area (Å²) in [6.45, 7) is 4.05. The van der Waals surface area contributed by atoms with Crippen LogP contribution >= 0.6 is 0 Å². The molecule has 4 heterocycles. The van der Waals surface area contributed by atoms with Crippen LogP contribution in [0.1, 0.15) is 35.6 Å². The molecule has 2 bridgehead atoms. The average Bonchev–Trinajstić information content (AvgIpc) is 2.92. The van der Waals surface area contributed by atoms with E-state index in [1.54, 1.807) is 26.4 Å². The largest absolute Gasteiger partial charge is 0.497 e. The Kier molecular flexibility index (Phi) is 5.50. The lowest BCUT2D eigenvalue weighted by Crippen LogP contribution is -2.59. The van der Waals surface area contributed by atoms with Gasteiger partial charge in [-0.1, -0.05) is 31.2 Å². The van der Waals surface area contributed by atoms with Gasteiger partial charge < -0.3 is 33.5 Å².